The zero-order valence-electron chi connectivity index (χ0n) is 8.24. The van der Waals surface area contributed by atoms with Gasteiger partial charge in [0.2, 0.25) is 0 Å². The standard InChI is InChI=1S/C9H7F5N2O/c10-6-2-1-5(3-7(6)11)16-8(17)15-4-9(12,13)14/h1-3H,4H2,(H2,15,16,17). The lowest BCUT2D eigenvalue weighted by Crippen LogP contribution is -2.36. The summed E-state index contributed by atoms with van der Waals surface area (Å²) in [6.07, 6.45) is -4.54. The molecule has 3 nitrogen and oxygen atoms in total. The van der Waals surface area contributed by atoms with E-state index in [9.17, 15) is 26.7 Å². The summed E-state index contributed by atoms with van der Waals surface area (Å²) >= 11 is 0. The SMILES string of the molecule is O=C(NCC(F)(F)F)Nc1ccc(F)c(F)c1. The van der Waals surface area contributed by atoms with Gasteiger partial charge in [-0.05, 0) is 12.1 Å². The Balaban J connectivity index is 2.54. The predicted octanol–water partition coefficient (Wildman–Crippen LogP) is 2.65. The largest absolute Gasteiger partial charge is 0.405 e. The third-order valence-electron chi connectivity index (χ3n) is 1.63. The van der Waals surface area contributed by atoms with Crippen LogP contribution >= 0.6 is 0 Å². The number of hydrogen-bond acceptors (Lipinski definition) is 1. The van der Waals surface area contributed by atoms with Crippen molar-refractivity contribution in [3.8, 4) is 0 Å². The van der Waals surface area contributed by atoms with Gasteiger partial charge in [-0.2, -0.15) is 13.2 Å². The van der Waals surface area contributed by atoms with Crippen molar-refractivity contribution in [3.63, 3.8) is 0 Å². The van der Waals surface area contributed by atoms with Crippen molar-refractivity contribution in [2.75, 3.05) is 11.9 Å². The summed E-state index contributed by atoms with van der Waals surface area (Å²) in [5.74, 6) is -2.33. The van der Waals surface area contributed by atoms with Crippen LogP contribution in [0.1, 0.15) is 0 Å². The summed E-state index contributed by atoms with van der Waals surface area (Å²) in [5, 5.41) is 3.44. The first kappa shape index (κ1) is 13.2. The average molecular weight is 254 g/mol. The summed E-state index contributed by atoms with van der Waals surface area (Å²) in [5.41, 5.74) is -0.149. The first-order chi connectivity index (χ1) is 7.78. The fourth-order valence-electron chi connectivity index (χ4n) is 0.930. The zero-order chi connectivity index (χ0) is 13.1. The molecule has 0 aliphatic heterocycles. The van der Waals surface area contributed by atoms with Crippen LogP contribution in [-0.2, 0) is 0 Å². The highest BCUT2D eigenvalue weighted by Gasteiger charge is 2.27. The van der Waals surface area contributed by atoms with E-state index >= 15 is 0 Å². The van der Waals surface area contributed by atoms with Gasteiger partial charge in [-0.25, -0.2) is 13.6 Å². The number of halogens is 5. The number of nitrogens with one attached hydrogen (secondary N) is 2. The molecule has 2 amide bonds. The van der Waals surface area contributed by atoms with Gasteiger partial charge in [-0.3, -0.25) is 0 Å². The van der Waals surface area contributed by atoms with Gasteiger partial charge in [-0.15, -0.1) is 0 Å². The van der Waals surface area contributed by atoms with Gasteiger partial charge in [-0.1, -0.05) is 0 Å². The molecule has 0 atom stereocenters. The number of amides is 2. The van der Waals surface area contributed by atoms with Crippen LogP contribution in [0.15, 0.2) is 18.2 Å². The molecule has 0 aliphatic carbocycles. The molecular formula is C9H7F5N2O. The van der Waals surface area contributed by atoms with Crippen LogP contribution in [0.2, 0.25) is 0 Å². The molecule has 0 heterocycles. The number of hydrogen-bond donors (Lipinski definition) is 2. The lowest BCUT2D eigenvalue weighted by atomic mass is 10.3. The van der Waals surface area contributed by atoms with Crippen LogP contribution < -0.4 is 10.6 Å². The molecule has 1 aromatic carbocycles. The minimum Gasteiger partial charge on any atom is -0.329 e. The highest BCUT2D eigenvalue weighted by molar-refractivity contribution is 5.89. The van der Waals surface area contributed by atoms with E-state index in [2.05, 4.69) is 0 Å². The van der Waals surface area contributed by atoms with Crippen molar-refractivity contribution in [2.24, 2.45) is 0 Å². The molecule has 0 aliphatic rings. The Kier molecular flexibility index (Phi) is 3.87. The summed E-state index contributed by atoms with van der Waals surface area (Å²) < 4.78 is 60.3. The maximum Gasteiger partial charge on any atom is 0.405 e. The number of urea groups is 1. The molecule has 0 aromatic heterocycles. The van der Waals surface area contributed by atoms with Crippen LogP contribution in [0.3, 0.4) is 0 Å². The molecule has 0 radical (unpaired) electrons. The normalized spacial score (nSPS) is 11.1. The first-order valence-electron chi connectivity index (χ1n) is 4.34. The topological polar surface area (TPSA) is 41.1 Å². The minimum atomic E-state index is -4.54. The van der Waals surface area contributed by atoms with Gasteiger partial charge in [0.25, 0.3) is 0 Å². The van der Waals surface area contributed by atoms with Crippen molar-refractivity contribution in [2.45, 2.75) is 6.18 Å². The number of carbonyl (C=O) groups is 1. The van der Waals surface area contributed by atoms with Gasteiger partial charge in [0.1, 0.15) is 6.54 Å². The molecular weight excluding hydrogens is 247 g/mol. The second-order valence-corrected chi connectivity index (χ2v) is 3.05. The Morgan fingerprint density at radius 3 is 2.35 bits per heavy atom. The first-order valence-corrected chi connectivity index (χ1v) is 4.34. The quantitative estimate of drug-likeness (QED) is 0.782. The molecule has 1 rings (SSSR count). The Labute approximate surface area is 92.6 Å². The third kappa shape index (κ3) is 4.66. The van der Waals surface area contributed by atoms with Gasteiger partial charge >= 0.3 is 12.2 Å². The minimum absolute atomic E-state index is 0.149. The number of benzene rings is 1. The molecule has 0 bridgehead atoms. The van der Waals surface area contributed by atoms with E-state index in [1.165, 1.54) is 5.32 Å². The third-order valence-corrected chi connectivity index (χ3v) is 1.63. The molecule has 2 N–H and O–H groups in total. The van der Waals surface area contributed by atoms with Crippen LogP contribution in [-0.4, -0.2) is 18.8 Å². The van der Waals surface area contributed by atoms with Gasteiger partial charge in [0.15, 0.2) is 11.6 Å². The summed E-state index contributed by atoms with van der Waals surface area (Å²) in [6.45, 7) is -1.51. The van der Waals surface area contributed by atoms with Crippen LogP contribution in [0, 0.1) is 11.6 Å². The highest BCUT2D eigenvalue weighted by atomic mass is 19.4. The Morgan fingerprint density at radius 1 is 1.18 bits per heavy atom. The molecule has 8 heteroatoms. The monoisotopic (exact) mass is 254 g/mol. The average Bonchev–Trinajstić information content (AvgIpc) is 2.20. The summed E-state index contributed by atoms with van der Waals surface area (Å²) in [6, 6.07) is 1.26. The summed E-state index contributed by atoms with van der Waals surface area (Å²) in [4.78, 5) is 10.9. The van der Waals surface area contributed by atoms with Gasteiger partial charge < -0.3 is 10.6 Å². The van der Waals surface area contributed by atoms with Crippen molar-refractivity contribution in [3.05, 3.63) is 29.8 Å². The predicted molar refractivity (Wildman–Crippen MR) is 49.4 cm³/mol. The van der Waals surface area contributed by atoms with Crippen molar-refractivity contribution in [1.29, 1.82) is 0 Å². The number of carbonyl (C=O) groups excluding carboxylic acids is 1. The van der Waals surface area contributed by atoms with Crippen molar-refractivity contribution >= 4 is 11.7 Å². The lowest BCUT2D eigenvalue weighted by molar-refractivity contribution is -0.122. The number of alkyl halides is 3. The van der Waals surface area contributed by atoms with Crippen LogP contribution in [0.4, 0.5) is 32.4 Å². The fourth-order valence-corrected chi connectivity index (χ4v) is 0.930. The van der Waals surface area contributed by atoms with E-state index < -0.39 is 30.4 Å². The fraction of sp³-hybridized carbons (Fsp3) is 0.222. The second-order valence-electron chi connectivity index (χ2n) is 3.05. The molecule has 0 unspecified atom stereocenters. The Hall–Kier alpha value is -1.86. The Morgan fingerprint density at radius 2 is 1.82 bits per heavy atom. The van der Waals surface area contributed by atoms with Crippen LogP contribution in [0.25, 0.3) is 0 Å². The summed E-state index contributed by atoms with van der Waals surface area (Å²) in [7, 11) is 0. The maximum absolute atomic E-state index is 12.7. The molecule has 0 saturated heterocycles. The van der Waals surface area contributed by atoms with Crippen molar-refractivity contribution < 1.29 is 26.7 Å². The molecule has 94 valence electrons. The molecule has 1 aromatic rings. The molecule has 0 spiro atoms. The smallest absolute Gasteiger partial charge is 0.329 e. The van der Waals surface area contributed by atoms with E-state index in [1.54, 1.807) is 0 Å². The van der Waals surface area contributed by atoms with Gasteiger partial charge in [0, 0.05) is 11.8 Å². The van der Waals surface area contributed by atoms with E-state index in [1.807, 2.05) is 5.32 Å². The van der Waals surface area contributed by atoms with Gasteiger partial charge in [0.05, 0.1) is 0 Å². The van der Waals surface area contributed by atoms with E-state index in [4.69, 9.17) is 0 Å². The molecule has 0 fully saturated rings. The van der Waals surface area contributed by atoms with E-state index in [-0.39, 0.29) is 5.69 Å². The highest BCUT2D eigenvalue weighted by Crippen LogP contribution is 2.14. The zero-order valence-corrected chi connectivity index (χ0v) is 8.24. The maximum atomic E-state index is 12.7. The lowest BCUT2D eigenvalue weighted by Gasteiger charge is -2.09. The van der Waals surface area contributed by atoms with E-state index in [0.717, 1.165) is 12.1 Å². The van der Waals surface area contributed by atoms with Crippen molar-refractivity contribution in [1.82, 2.24) is 5.32 Å². The van der Waals surface area contributed by atoms with Crippen LogP contribution in [0.5, 0.6) is 0 Å². The van der Waals surface area contributed by atoms with E-state index in [0.29, 0.717) is 6.07 Å². The second kappa shape index (κ2) is 4.98. The number of rotatable bonds is 2. The molecule has 17 heavy (non-hydrogen) atoms. The molecule has 0 saturated carbocycles. The number of anilines is 1. The Bertz CT molecular complexity index is 418.